The Hall–Kier alpha value is -1.98. The molecular weight excluding hydrogens is 261 g/mol. The smallest absolute Gasteiger partial charge is 0.141 e. The van der Waals surface area contributed by atoms with Crippen LogP contribution >= 0.6 is 11.6 Å². The van der Waals surface area contributed by atoms with Crippen LogP contribution in [0.1, 0.15) is 24.1 Å². The van der Waals surface area contributed by atoms with Gasteiger partial charge in [-0.05, 0) is 42.8 Å². The highest BCUT2D eigenvalue weighted by Crippen LogP contribution is 2.24. The average Bonchev–Trinajstić information content (AvgIpc) is 2.42. The molecule has 2 aromatic carbocycles. The molecule has 0 radical (unpaired) electrons. The molecule has 1 atom stereocenters. The van der Waals surface area contributed by atoms with Crippen molar-refractivity contribution >= 4 is 17.3 Å². The molecule has 0 bridgehead atoms. The largest absolute Gasteiger partial charge is 0.378 e. The number of terminal acetylenes is 1. The van der Waals surface area contributed by atoms with Crippen molar-refractivity contribution in [3.63, 3.8) is 0 Å². The van der Waals surface area contributed by atoms with Crippen LogP contribution in [0.4, 0.5) is 10.1 Å². The first-order chi connectivity index (χ1) is 9.10. The Labute approximate surface area is 117 Å². The van der Waals surface area contributed by atoms with Crippen molar-refractivity contribution < 1.29 is 4.39 Å². The number of benzene rings is 2. The van der Waals surface area contributed by atoms with Crippen LogP contribution in [-0.4, -0.2) is 0 Å². The number of halogens is 2. The Kier molecular flexibility index (Phi) is 4.09. The SMILES string of the molecule is C#Cc1cccc(NC(C)c2ccc(F)c(Cl)c2)c1. The second-order valence-corrected chi connectivity index (χ2v) is 4.67. The summed E-state index contributed by atoms with van der Waals surface area (Å²) in [6.45, 7) is 1.98. The molecule has 3 heteroatoms. The third-order valence-corrected chi connectivity index (χ3v) is 3.15. The average molecular weight is 274 g/mol. The van der Waals surface area contributed by atoms with Crippen LogP contribution in [0.3, 0.4) is 0 Å². The summed E-state index contributed by atoms with van der Waals surface area (Å²) < 4.78 is 13.1. The van der Waals surface area contributed by atoms with E-state index in [2.05, 4.69) is 11.2 Å². The molecule has 0 heterocycles. The normalized spacial score (nSPS) is 11.7. The van der Waals surface area contributed by atoms with E-state index in [0.717, 1.165) is 16.8 Å². The second-order valence-electron chi connectivity index (χ2n) is 4.26. The van der Waals surface area contributed by atoms with Gasteiger partial charge in [0.25, 0.3) is 0 Å². The van der Waals surface area contributed by atoms with E-state index in [1.54, 1.807) is 12.1 Å². The summed E-state index contributed by atoms with van der Waals surface area (Å²) in [5, 5.41) is 3.43. The molecule has 0 spiro atoms. The Morgan fingerprint density at radius 2 is 2.05 bits per heavy atom. The van der Waals surface area contributed by atoms with Gasteiger partial charge in [-0.1, -0.05) is 29.7 Å². The number of hydrogen-bond acceptors (Lipinski definition) is 1. The molecule has 0 fully saturated rings. The molecule has 0 saturated carbocycles. The quantitative estimate of drug-likeness (QED) is 0.804. The van der Waals surface area contributed by atoms with Gasteiger partial charge in [-0.2, -0.15) is 0 Å². The van der Waals surface area contributed by atoms with Crippen LogP contribution in [0.2, 0.25) is 5.02 Å². The zero-order valence-corrected chi connectivity index (χ0v) is 11.2. The standard InChI is InChI=1S/C16H13ClFN/c1-3-12-5-4-6-14(9-12)19-11(2)13-7-8-16(18)15(17)10-13/h1,4-11,19H,2H3. The Morgan fingerprint density at radius 1 is 1.26 bits per heavy atom. The molecule has 1 nitrogen and oxygen atoms in total. The minimum atomic E-state index is -0.410. The van der Waals surface area contributed by atoms with Gasteiger partial charge in [0.1, 0.15) is 5.82 Å². The van der Waals surface area contributed by atoms with E-state index in [-0.39, 0.29) is 11.1 Å². The third kappa shape index (κ3) is 3.27. The van der Waals surface area contributed by atoms with Crippen LogP contribution in [0.25, 0.3) is 0 Å². The van der Waals surface area contributed by atoms with Crippen molar-refractivity contribution in [3.05, 3.63) is 64.4 Å². The first-order valence-electron chi connectivity index (χ1n) is 5.88. The van der Waals surface area contributed by atoms with E-state index in [0.29, 0.717) is 0 Å². The first kappa shape index (κ1) is 13.5. The number of rotatable bonds is 3. The van der Waals surface area contributed by atoms with E-state index in [1.807, 2.05) is 31.2 Å². The zero-order valence-electron chi connectivity index (χ0n) is 10.5. The van der Waals surface area contributed by atoms with Gasteiger partial charge in [0.15, 0.2) is 0 Å². The zero-order chi connectivity index (χ0) is 13.8. The van der Waals surface area contributed by atoms with Crippen LogP contribution in [0.15, 0.2) is 42.5 Å². The highest BCUT2D eigenvalue weighted by atomic mass is 35.5. The van der Waals surface area contributed by atoms with Gasteiger partial charge >= 0.3 is 0 Å². The summed E-state index contributed by atoms with van der Waals surface area (Å²) in [5.41, 5.74) is 2.65. The molecule has 0 aromatic heterocycles. The van der Waals surface area contributed by atoms with Crippen molar-refractivity contribution in [2.75, 3.05) is 5.32 Å². The molecular formula is C16H13ClFN. The second kappa shape index (κ2) is 5.77. The number of hydrogen-bond donors (Lipinski definition) is 1. The summed E-state index contributed by atoms with van der Waals surface area (Å²) in [6.07, 6.45) is 5.36. The lowest BCUT2D eigenvalue weighted by Crippen LogP contribution is -2.06. The molecule has 0 aliphatic heterocycles. The van der Waals surface area contributed by atoms with Crippen molar-refractivity contribution in [2.24, 2.45) is 0 Å². The van der Waals surface area contributed by atoms with Gasteiger partial charge in [-0.15, -0.1) is 6.42 Å². The minimum absolute atomic E-state index is 0.00567. The van der Waals surface area contributed by atoms with Crippen LogP contribution < -0.4 is 5.32 Å². The minimum Gasteiger partial charge on any atom is -0.378 e. The first-order valence-corrected chi connectivity index (χ1v) is 6.26. The van der Waals surface area contributed by atoms with Gasteiger partial charge in [-0.25, -0.2) is 4.39 Å². The van der Waals surface area contributed by atoms with Crippen molar-refractivity contribution in [1.29, 1.82) is 0 Å². The lowest BCUT2D eigenvalue weighted by atomic mass is 10.1. The van der Waals surface area contributed by atoms with Gasteiger partial charge in [0.05, 0.1) is 5.02 Å². The van der Waals surface area contributed by atoms with E-state index >= 15 is 0 Å². The van der Waals surface area contributed by atoms with Crippen LogP contribution in [0.5, 0.6) is 0 Å². The summed E-state index contributed by atoms with van der Waals surface area (Å²) in [5.74, 6) is 2.18. The number of anilines is 1. The predicted octanol–water partition coefficient (Wildman–Crippen LogP) is 4.63. The molecule has 2 aromatic rings. The Balaban J connectivity index is 2.18. The lowest BCUT2D eigenvalue weighted by molar-refractivity contribution is 0.627. The van der Waals surface area contributed by atoms with E-state index in [9.17, 15) is 4.39 Å². The maximum absolute atomic E-state index is 13.1. The fraction of sp³-hybridized carbons (Fsp3) is 0.125. The van der Waals surface area contributed by atoms with Crippen LogP contribution in [0, 0.1) is 18.2 Å². The van der Waals surface area contributed by atoms with E-state index in [4.69, 9.17) is 18.0 Å². The van der Waals surface area contributed by atoms with Crippen LogP contribution in [-0.2, 0) is 0 Å². The van der Waals surface area contributed by atoms with Gasteiger partial charge in [0.2, 0.25) is 0 Å². The summed E-state index contributed by atoms with van der Waals surface area (Å²) in [7, 11) is 0. The van der Waals surface area contributed by atoms with Gasteiger partial charge in [0, 0.05) is 17.3 Å². The molecule has 0 amide bonds. The third-order valence-electron chi connectivity index (χ3n) is 2.86. The maximum atomic E-state index is 13.1. The van der Waals surface area contributed by atoms with E-state index in [1.165, 1.54) is 6.07 Å². The maximum Gasteiger partial charge on any atom is 0.141 e. The molecule has 0 saturated heterocycles. The topological polar surface area (TPSA) is 12.0 Å². The number of nitrogens with one attached hydrogen (secondary N) is 1. The Morgan fingerprint density at radius 3 is 2.74 bits per heavy atom. The highest BCUT2D eigenvalue weighted by Gasteiger charge is 2.08. The summed E-state index contributed by atoms with van der Waals surface area (Å²) in [6, 6.07) is 12.3. The predicted molar refractivity (Wildman–Crippen MR) is 77.8 cm³/mol. The van der Waals surface area contributed by atoms with Gasteiger partial charge < -0.3 is 5.32 Å². The van der Waals surface area contributed by atoms with Crippen molar-refractivity contribution in [3.8, 4) is 12.3 Å². The lowest BCUT2D eigenvalue weighted by Gasteiger charge is -2.16. The molecule has 0 aliphatic carbocycles. The van der Waals surface area contributed by atoms with Gasteiger partial charge in [-0.3, -0.25) is 0 Å². The summed E-state index contributed by atoms with van der Waals surface area (Å²) in [4.78, 5) is 0. The molecule has 96 valence electrons. The highest BCUT2D eigenvalue weighted by molar-refractivity contribution is 6.30. The molecule has 2 rings (SSSR count). The molecule has 19 heavy (non-hydrogen) atoms. The Bertz CT molecular complexity index is 631. The van der Waals surface area contributed by atoms with Crippen molar-refractivity contribution in [2.45, 2.75) is 13.0 Å². The van der Waals surface area contributed by atoms with E-state index < -0.39 is 5.82 Å². The van der Waals surface area contributed by atoms with Crippen molar-refractivity contribution in [1.82, 2.24) is 0 Å². The molecule has 1 N–H and O–H groups in total. The monoisotopic (exact) mass is 273 g/mol. The fourth-order valence-electron chi connectivity index (χ4n) is 1.81. The fourth-order valence-corrected chi connectivity index (χ4v) is 2.00. The molecule has 0 aliphatic rings. The molecule has 1 unspecified atom stereocenters. The summed E-state index contributed by atoms with van der Waals surface area (Å²) >= 11 is 5.78.